The van der Waals surface area contributed by atoms with Crippen LogP contribution in [0.25, 0.3) is 0 Å². The number of benzene rings is 2. The van der Waals surface area contributed by atoms with E-state index in [0.717, 1.165) is 23.2 Å². The molecule has 0 saturated carbocycles. The maximum atomic E-state index is 6.28. The van der Waals surface area contributed by atoms with Gasteiger partial charge in [-0.05, 0) is 75.3 Å². The highest BCUT2D eigenvalue weighted by molar-refractivity contribution is 6.63. The van der Waals surface area contributed by atoms with E-state index >= 15 is 0 Å². The van der Waals surface area contributed by atoms with Gasteiger partial charge in [-0.1, -0.05) is 37.3 Å². The molecule has 2 aromatic carbocycles. The molecule has 1 fully saturated rings. The van der Waals surface area contributed by atoms with Gasteiger partial charge in [-0.2, -0.15) is 0 Å². The summed E-state index contributed by atoms with van der Waals surface area (Å²) in [7, 11) is -0.335. The second-order valence-electron chi connectivity index (χ2n) is 8.03. The second kappa shape index (κ2) is 7.09. The van der Waals surface area contributed by atoms with Crippen LogP contribution in [0.2, 0.25) is 0 Å². The van der Waals surface area contributed by atoms with Crippen molar-refractivity contribution in [2.45, 2.75) is 65.8 Å². The van der Waals surface area contributed by atoms with E-state index in [1.54, 1.807) is 0 Å². The molecule has 1 aliphatic rings. The lowest BCUT2D eigenvalue weighted by Crippen LogP contribution is -2.41. The number of ether oxygens (including phenoxy) is 1. The van der Waals surface area contributed by atoms with Gasteiger partial charge in [-0.15, -0.1) is 0 Å². The molecule has 26 heavy (non-hydrogen) atoms. The molecule has 0 radical (unpaired) electrons. The molecular formula is C22H29BO3. The molecule has 3 rings (SSSR count). The Bertz CT molecular complexity index is 752. The first-order valence-corrected chi connectivity index (χ1v) is 9.39. The van der Waals surface area contributed by atoms with Crippen LogP contribution in [0.15, 0.2) is 42.5 Å². The zero-order valence-electron chi connectivity index (χ0n) is 16.8. The van der Waals surface area contributed by atoms with Gasteiger partial charge in [0, 0.05) is 0 Å². The van der Waals surface area contributed by atoms with E-state index in [1.807, 2.05) is 18.2 Å². The molecule has 0 N–H and O–H groups in total. The topological polar surface area (TPSA) is 27.7 Å². The van der Waals surface area contributed by atoms with Crippen LogP contribution in [-0.4, -0.2) is 18.3 Å². The highest BCUT2D eigenvalue weighted by atomic mass is 16.7. The Hall–Kier alpha value is -1.78. The molecular weight excluding hydrogens is 323 g/mol. The van der Waals surface area contributed by atoms with Crippen molar-refractivity contribution in [1.29, 1.82) is 0 Å². The van der Waals surface area contributed by atoms with Crippen LogP contribution >= 0.6 is 0 Å². The standard InChI is InChI=1S/C22H29BO3/c1-7-18-14-19(24-15-17-11-9-8-10-12-17)13-16(2)20(18)23-25-21(3,4)22(5,6)26-23/h8-14H,7,15H2,1-6H3. The molecule has 138 valence electrons. The van der Waals surface area contributed by atoms with Crippen LogP contribution in [-0.2, 0) is 22.3 Å². The lowest BCUT2D eigenvalue weighted by molar-refractivity contribution is 0.00578. The Morgan fingerprint density at radius 1 is 0.962 bits per heavy atom. The van der Waals surface area contributed by atoms with E-state index in [4.69, 9.17) is 14.0 Å². The summed E-state index contributed by atoms with van der Waals surface area (Å²) in [5, 5.41) is 0. The second-order valence-corrected chi connectivity index (χ2v) is 8.03. The van der Waals surface area contributed by atoms with Gasteiger partial charge in [0.1, 0.15) is 12.4 Å². The van der Waals surface area contributed by atoms with Gasteiger partial charge in [0.2, 0.25) is 0 Å². The molecule has 0 amide bonds. The van der Waals surface area contributed by atoms with Crippen molar-refractivity contribution in [3.63, 3.8) is 0 Å². The monoisotopic (exact) mass is 352 g/mol. The highest BCUT2D eigenvalue weighted by Gasteiger charge is 2.52. The van der Waals surface area contributed by atoms with Gasteiger partial charge in [0.15, 0.2) is 0 Å². The van der Waals surface area contributed by atoms with Crippen molar-refractivity contribution in [2.24, 2.45) is 0 Å². The molecule has 0 atom stereocenters. The Balaban J connectivity index is 1.84. The normalized spacial score (nSPS) is 18.2. The summed E-state index contributed by atoms with van der Waals surface area (Å²) in [6.45, 7) is 13.2. The highest BCUT2D eigenvalue weighted by Crippen LogP contribution is 2.37. The fourth-order valence-electron chi connectivity index (χ4n) is 3.25. The van der Waals surface area contributed by atoms with Gasteiger partial charge in [-0.3, -0.25) is 0 Å². The van der Waals surface area contributed by atoms with Gasteiger partial charge in [0.05, 0.1) is 11.2 Å². The van der Waals surface area contributed by atoms with Crippen LogP contribution in [0.4, 0.5) is 0 Å². The fourth-order valence-corrected chi connectivity index (χ4v) is 3.25. The smallest absolute Gasteiger partial charge is 0.489 e. The third-order valence-electron chi connectivity index (χ3n) is 5.56. The molecule has 0 unspecified atom stereocenters. The van der Waals surface area contributed by atoms with Gasteiger partial charge >= 0.3 is 7.12 Å². The maximum absolute atomic E-state index is 6.28. The summed E-state index contributed by atoms with van der Waals surface area (Å²) in [6, 6.07) is 14.4. The molecule has 0 aromatic heterocycles. The van der Waals surface area contributed by atoms with Gasteiger partial charge in [0.25, 0.3) is 0 Å². The molecule has 1 aliphatic heterocycles. The Morgan fingerprint density at radius 3 is 2.15 bits per heavy atom. The van der Waals surface area contributed by atoms with Crippen LogP contribution in [0, 0.1) is 6.92 Å². The lowest BCUT2D eigenvalue weighted by Gasteiger charge is -2.32. The minimum Gasteiger partial charge on any atom is -0.489 e. The summed E-state index contributed by atoms with van der Waals surface area (Å²) in [5.74, 6) is 0.892. The third-order valence-corrected chi connectivity index (χ3v) is 5.56. The van der Waals surface area contributed by atoms with Crippen molar-refractivity contribution >= 4 is 12.6 Å². The minimum atomic E-state index is -0.336. The number of aryl methyl sites for hydroxylation is 2. The van der Waals surface area contributed by atoms with E-state index in [9.17, 15) is 0 Å². The van der Waals surface area contributed by atoms with Crippen molar-refractivity contribution in [2.75, 3.05) is 0 Å². The zero-order valence-corrected chi connectivity index (χ0v) is 16.8. The SMILES string of the molecule is CCc1cc(OCc2ccccc2)cc(C)c1B1OC(C)(C)C(C)(C)O1. The van der Waals surface area contributed by atoms with Crippen LogP contribution in [0.5, 0.6) is 5.75 Å². The fraction of sp³-hybridized carbons (Fsp3) is 0.455. The Labute approximate surface area is 157 Å². The quantitative estimate of drug-likeness (QED) is 0.745. The lowest BCUT2D eigenvalue weighted by atomic mass is 9.72. The molecule has 2 aromatic rings. The molecule has 4 heteroatoms. The first kappa shape index (κ1) is 19.0. The van der Waals surface area contributed by atoms with Crippen LogP contribution in [0.3, 0.4) is 0 Å². The zero-order chi connectivity index (χ0) is 18.9. The summed E-state index contributed by atoms with van der Waals surface area (Å²) < 4.78 is 18.6. The third kappa shape index (κ3) is 3.67. The van der Waals surface area contributed by atoms with E-state index in [1.165, 1.54) is 11.1 Å². The number of hydrogen-bond acceptors (Lipinski definition) is 3. The molecule has 1 heterocycles. The summed E-state index contributed by atoms with van der Waals surface area (Å²) in [4.78, 5) is 0. The molecule has 0 spiro atoms. The summed E-state index contributed by atoms with van der Waals surface area (Å²) in [5.41, 5.74) is 3.99. The summed E-state index contributed by atoms with van der Waals surface area (Å²) in [6.07, 6.45) is 0.906. The average Bonchev–Trinajstić information content (AvgIpc) is 2.80. The molecule has 0 bridgehead atoms. The van der Waals surface area contributed by atoms with E-state index < -0.39 is 0 Å². The largest absolute Gasteiger partial charge is 0.495 e. The van der Waals surface area contributed by atoms with Crippen LogP contribution < -0.4 is 10.2 Å². The Morgan fingerprint density at radius 2 is 1.58 bits per heavy atom. The first-order chi connectivity index (χ1) is 12.2. The predicted molar refractivity (Wildman–Crippen MR) is 107 cm³/mol. The van der Waals surface area contributed by atoms with E-state index in [0.29, 0.717) is 6.61 Å². The van der Waals surface area contributed by atoms with Crippen molar-refractivity contribution in [1.82, 2.24) is 0 Å². The summed E-state index contributed by atoms with van der Waals surface area (Å²) >= 11 is 0. The van der Waals surface area contributed by atoms with Gasteiger partial charge < -0.3 is 14.0 Å². The molecule has 1 saturated heterocycles. The van der Waals surface area contributed by atoms with E-state index in [2.05, 4.69) is 65.8 Å². The number of hydrogen-bond donors (Lipinski definition) is 0. The number of rotatable bonds is 5. The predicted octanol–water partition coefficient (Wildman–Crippen LogP) is 4.44. The van der Waals surface area contributed by atoms with Crippen molar-refractivity contribution in [3.8, 4) is 5.75 Å². The maximum Gasteiger partial charge on any atom is 0.495 e. The molecule has 3 nitrogen and oxygen atoms in total. The molecule has 0 aliphatic carbocycles. The van der Waals surface area contributed by atoms with Crippen molar-refractivity contribution < 1.29 is 14.0 Å². The first-order valence-electron chi connectivity index (χ1n) is 9.39. The minimum absolute atomic E-state index is 0.335. The Kier molecular flexibility index (Phi) is 5.18. The van der Waals surface area contributed by atoms with Crippen LogP contribution in [0.1, 0.15) is 51.3 Å². The average molecular weight is 352 g/mol. The van der Waals surface area contributed by atoms with Crippen molar-refractivity contribution in [3.05, 3.63) is 59.2 Å². The van der Waals surface area contributed by atoms with Gasteiger partial charge in [-0.25, -0.2) is 0 Å². The van der Waals surface area contributed by atoms with E-state index in [-0.39, 0.29) is 18.3 Å².